The van der Waals surface area contributed by atoms with E-state index in [1.165, 1.54) is 0 Å². The summed E-state index contributed by atoms with van der Waals surface area (Å²) in [6.45, 7) is 1.91. The molecule has 2 aliphatic rings. The van der Waals surface area contributed by atoms with Gasteiger partial charge < -0.3 is 15.7 Å². The Bertz CT molecular complexity index is 714. The Hall–Kier alpha value is -2.65. The van der Waals surface area contributed by atoms with E-state index in [0.717, 1.165) is 24.8 Å². The standard InChI is InChI=1S/C17H19N5O/c1-11-10-20-17(21-14-6-4-7-15(14)23)22-16(11)12(9-18)13-5-2-3-8-19-13/h2-3,5,8,10,14-15,23H,4,6-7H2,1H3,(H2,20,21,22)/t14-,15-/m0/s1. The van der Waals surface area contributed by atoms with Crippen molar-refractivity contribution >= 4 is 11.5 Å². The van der Waals surface area contributed by atoms with Gasteiger partial charge >= 0.3 is 0 Å². The highest BCUT2D eigenvalue weighted by Gasteiger charge is 2.26. The van der Waals surface area contributed by atoms with Crippen molar-refractivity contribution in [2.75, 3.05) is 0 Å². The number of allylic oxidation sites excluding steroid dienone is 2. The van der Waals surface area contributed by atoms with Crippen molar-refractivity contribution in [3.63, 3.8) is 0 Å². The van der Waals surface area contributed by atoms with E-state index in [1.54, 1.807) is 12.3 Å². The van der Waals surface area contributed by atoms with Crippen LogP contribution in [0.4, 0.5) is 0 Å². The molecule has 23 heavy (non-hydrogen) atoms. The molecule has 0 unspecified atom stereocenters. The molecule has 1 aliphatic carbocycles. The van der Waals surface area contributed by atoms with Crippen LogP contribution in [0.2, 0.25) is 0 Å². The Kier molecular flexibility index (Phi) is 4.40. The monoisotopic (exact) mass is 309 g/mol. The lowest BCUT2D eigenvalue weighted by atomic mass is 10.1. The number of nitrogens with zero attached hydrogens (tertiary/aromatic N) is 3. The first kappa shape index (κ1) is 15.3. The van der Waals surface area contributed by atoms with Crippen LogP contribution < -0.4 is 10.6 Å². The molecule has 1 aliphatic heterocycles. The lowest BCUT2D eigenvalue weighted by molar-refractivity contribution is 0.166. The third kappa shape index (κ3) is 3.25. The SMILES string of the molecule is CC1=CNC(=N[C@H]2CCC[C@@H]2O)NC1=C(C#N)c1ccccn1. The van der Waals surface area contributed by atoms with Gasteiger partial charge in [0.2, 0.25) is 0 Å². The summed E-state index contributed by atoms with van der Waals surface area (Å²) >= 11 is 0. The van der Waals surface area contributed by atoms with E-state index < -0.39 is 6.10 Å². The summed E-state index contributed by atoms with van der Waals surface area (Å²) in [4.78, 5) is 8.80. The van der Waals surface area contributed by atoms with Crippen molar-refractivity contribution < 1.29 is 5.11 Å². The first-order valence-corrected chi connectivity index (χ1v) is 7.71. The molecule has 118 valence electrons. The number of aromatic nitrogens is 1. The van der Waals surface area contributed by atoms with Gasteiger partial charge in [0, 0.05) is 12.4 Å². The fourth-order valence-corrected chi connectivity index (χ4v) is 2.82. The fraction of sp³-hybridized carbons (Fsp3) is 0.353. The number of aliphatic hydroxyl groups is 1. The van der Waals surface area contributed by atoms with Crippen LogP contribution in [-0.4, -0.2) is 28.2 Å². The van der Waals surface area contributed by atoms with E-state index in [-0.39, 0.29) is 6.04 Å². The summed E-state index contributed by atoms with van der Waals surface area (Å²) in [6, 6.07) is 7.60. The molecule has 1 aromatic rings. The second kappa shape index (κ2) is 6.63. The molecule has 1 aromatic heterocycles. The third-order valence-electron chi connectivity index (χ3n) is 4.08. The van der Waals surface area contributed by atoms with Crippen LogP contribution in [0, 0.1) is 11.3 Å². The van der Waals surface area contributed by atoms with Gasteiger partial charge in [0.05, 0.1) is 23.5 Å². The van der Waals surface area contributed by atoms with E-state index >= 15 is 0 Å². The molecule has 0 amide bonds. The maximum absolute atomic E-state index is 9.92. The minimum Gasteiger partial charge on any atom is -0.391 e. The van der Waals surface area contributed by atoms with Gasteiger partial charge in [0.1, 0.15) is 11.6 Å². The topological polar surface area (TPSA) is 93.3 Å². The maximum atomic E-state index is 9.92. The summed E-state index contributed by atoms with van der Waals surface area (Å²) < 4.78 is 0. The van der Waals surface area contributed by atoms with Crippen LogP contribution in [0.25, 0.3) is 5.57 Å². The number of guanidine groups is 1. The molecular weight excluding hydrogens is 290 g/mol. The zero-order valence-corrected chi connectivity index (χ0v) is 13.0. The van der Waals surface area contributed by atoms with Crippen LogP contribution >= 0.6 is 0 Å². The van der Waals surface area contributed by atoms with Crippen molar-refractivity contribution in [2.24, 2.45) is 4.99 Å². The van der Waals surface area contributed by atoms with E-state index in [4.69, 9.17) is 0 Å². The molecule has 2 atom stereocenters. The number of hydrogen-bond donors (Lipinski definition) is 3. The highest BCUT2D eigenvalue weighted by atomic mass is 16.3. The Morgan fingerprint density at radius 3 is 2.96 bits per heavy atom. The lowest BCUT2D eigenvalue weighted by Gasteiger charge is -2.22. The lowest BCUT2D eigenvalue weighted by Crippen LogP contribution is -2.40. The predicted octanol–water partition coefficient (Wildman–Crippen LogP) is 1.68. The Morgan fingerprint density at radius 1 is 1.43 bits per heavy atom. The summed E-state index contributed by atoms with van der Waals surface area (Å²) in [7, 11) is 0. The zero-order valence-electron chi connectivity index (χ0n) is 13.0. The average Bonchev–Trinajstić information content (AvgIpc) is 2.97. The molecule has 6 heteroatoms. The van der Waals surface area contributed by atoms with Gasteiger partial charge in [-0.25, -0.2) is 4.99 Å². The van der Waals surface area contributed by atoms with Crippen LogP contribution in [0.1, 0.15) is 31.9 Å². The first-order valence-electron chi connectivity index (χ1n) is 7.71. The molecule has 0 saturated heterocycles. The van der Waals surface area contributed by atoms with Crippen molar-refractivity contribution in [3.8, 4) is 6.07 Å². The molecule has 6 nitrogen and oxygen atoms in total. The van der Waals surface area contributed by atoms with Gasteiger partial charge in [-0.05, 0) is 43.9 Å². The normalized spacial score (nSPS) is 27.7. The molecule has 1 saturated carbocycles. The van der Waals surface area contributed by atoms with Gasteiger partial charge in [0.15, 0.2) is 5.96 Å². The number of aliphatic imine (C=N–C) groups is 1. The van der Waals surface area contributed by atoms with E-state index in [2.05, 4.69) is 26.7 Å². The predicted molar refractivity (Wildman–Crippen MR) is 87.9 cm³/mol. The summed E-state index contributed by atoms with van der Waals surface area (Å²) in [5, 5.41) is 25.7. The summed E-state index contributed by atoms with van der Waals surface area (Å²) in [5.74, 6) is 0.556. The van der Waals surface area contributed by atoms with Gasteiger partial charge in [-0.1, -0.05) is 6.07 Å². The maximum Gasteiger partial charge on any atom is 0.200 e. The van der Waals surface area contributed by atoms with Crippen molar-refractivity contribution in [1.29, 1.82) is 5.26 Å². The number of rotatable bonds is 2. The van der Waals surface area contributed by atoms with Crippen LogP contribution in [0.3, 0.4) is 0 Å². The van der Waals surface area contributed by atoms with Gasteiger partial charge in [-0.15, -0.1) is 0 Å². The largest absolute Gasteiger partial charge is 0.391 e. The second-order valence-electron chi connectivity index (χ2n) is 5.72. The number of aliphatic hydroxyl groups excluding tert-OH is 1. The summed E-state index contributed by atoms with van der Waals surface area (Å²) in [6.07, 6.45) is 5.73. The third-order valence-corrected chi connectivity index (χ3v) is 4.08. The van der Waals surface area contributed by atoms with Crippen LogP contribution in [0.5, 0.6) is 0 Å². The van der Waals surface area contributed by atoms with E-state index in [1.807, 2.05) is 25.3 Å². The smallest absolute Gasteiger partial charge is 0.200 e. The minimum atomic E-state index is -0.392. The minimum absolute atomic E-state index is 0.0987. The van der Waals surface area contributed by atoms with Gasteiger partial charge in [0.25, 0.3) is 0 Å². The highest BCUT2D eigenvalue weighted by molar-refractivity contribution is 5.91. The second-order valence-corrected chi connectivity index (χ2v) is 5.72. The Labute approximate surface area is 135 Å². The molecule has 0 spiro atoms. The van der Waals surface area contributed by atoms with Crippen LogP contribution in [-0.2, 0) is 0 Å². The van der Waals surface area contributed by atoms with Crippen molar-refractivity contribution in [1.82, 2.24) is 15.6 Å². The number of nitriles is 1. The van der Waals surface area contributed by atoms with Crippen molar-refractivity contribution in [2.45, 2.75) is 38.3 Å². The Morgan fingerprint density at radius 2 is 2.30 bits per heavy atom. The molecule has 0 radical (unpaired) electrons. The number of hydrogen-bond acceptors (Lipinski definition) is 4. The number of pyridine rings is 1. The molecule has 0 aromatic carbocycles. The molecule has 2 heterocycles. The molecule has 3 rings (SSSR count). The quantitative estimate of drug-likeness (QED) is 0.723. The molecular formula is C17H19N5O. The molecule has 1 fully saturated rings. The van der Waals surface area contributed by atoms with Crippen LogP contribution in [0.15, 0.2) is 46.9 Å². The molecule has 0 bridgehead atoms. The Balaban J connectivity index is 1.94. The molecule has 3 N–H and O–H groups in total. The first-order chi connectivity index (χ1) is 11.2. The van der Waals surface area contributed by atoms with Gasteiger partial charge in [-0.2, -0.15) is 5.26 Å². The zero-order chi connectivity index (χ0) is 16.2. The number of nitrogens with one attached hydrogen (secondary N) is 2. The van der Waals surface area contributed by atoms with E-state index in [9.17, 15) is 10.4 Å². The summed E-state index contributed by atoms with van der Waals surface area (Å²) in [5.41, 5.74) is 2.68. The highest BCUT2D eigenvalue weighted by Crippen LogP contribution is 2.24. The van der Waals surface area contributed by atoms with Crippen molar-refractivity contribution in [3.05, 3.63) is 47.6 Å². The fourth-order valence-electron chi connectivity index (χ4n) is 2.82. The average molecular weight is 309 g/mol. The van der Waals surface area contributed by atoms with Gasteiger partial charge in [-0.3, -0.25) is 4.98 Å². The van der Waals surface area contributed by atoms with E-state index in [0.29, 0.717) is 22.9 Å².